The van der Waals surface area contributed by atoms with Gasteiger partial charge in [-0.3, -0.25) is 9.79 Å². The fraction of sp³-hybridized carbons (Fsp3) is 0.500. The number of halogens is 1. The van der Waals surface area contributed by atoms with E-state index >= 15 is 0 Å². The summed E-state index contributed by atoms with van der Waals surface area (Å²) in [6, 6.07) is 7.85. The average Bonchev–Trinajstić information content (AvgIpc) is 2.49. The number of methoxy groups -OCH3 is 1. The Bertz CT molecular complexity index is 477. The van der Waals surface area contributed by atoms with Gasteiger partial charge in [-0.2, -0.15) is 0 Å². The van der Waals surface area contributed by atoms with E-state index in [4.69, 9.17) is 4.74 Å². The molecule has 130 valence electrons. The Labute approximate surface area is 155 Å². The van der Waals surface area contributed by atoms with E-state index in [1.807, 2.05) is 31.2 Å². The molecule has 7 heteroatoms. The SMILES string of the molecule is CCNC(=NCCOC)NCCc1ccc(NC(C)=O)cc1.I. The van der Waals surface area contributed by atoms with Crippen molar-refractivity contribution >= 4 is 41.5 Å². The minimum Gasteiger partial charge on any atom is -0.383 e. The Kier molecular flexibility index (Phi) is 12.4. The van der Waals surface area contributed by atoms with E-state index in [9.17, 15) is 4.79 Å². The molecule has 0 heterocycles. The number of hydrogen-bond donors (Lipinski definition) is 3. The van der Waals surface area contributed by atoms with Gasteiger partial charge in [-0.1, -0.05) is 12.1 Å². The summed E-state index contributed by atoms with van der Waals surface area (Å²) in [5, 5.41) is 9.24. The summed E-state index contributed by atoms with van der Waals surface area (Å²) in [6.07, 6.45) is 0.884. The molecular formula is C16H27IN4O2. The van der Waals surface area contributed by atoms with Crippen molar-refractivity contribution in [2.75, 3.05) is 38.7 Å². The molecule has 0 radical (unpaired) electrons. The van der Waals surface area contributed by atoms with Crippen LogP contribution in [0.25, 0.3) is 0 Å². The van der Waals surface area contributed by atoms with Crippen LogP contribution in [0, 0.1) is 0 Å². The highest BCUT2D eigenvalue weighted by molar-refractivity contribution is 14.0. The van der Waals surface area contributed by atoms with Gasteiger partial charge in [0.05, 0.1) is 13.2 Å². The monoisotopic (exact) mass is 434 g/mol. The maximum absolute atomic E-state index is 11.0. The number of amides is 1. The van der Waals surface area contributed by atoms with Gasteiger partial charge in [-0.15, -0.1) is 24.0 Å². The molecule has 0 aliphatic heterocycles. The molecule has 0 bridgehead atoms. The standard InChI is InChI=1S/C16H26N4O2.HI/c1-4-17-16(19-11-12-22-3)18-10-9-14-5-7-15(8-6-14)20-13(2)21;/h5-8H,4,9-12H2,1-3H3,(H,20,21)(H2,17,18,19);1H. The largest absolute Gasteiger partial charge is 0.383 e. The van der Waals surface area contributed by atoms with Crippen molar-refractivity contribution in [2.45, 2.75) is 20.3 Å². The third-order valence-corrected chi connectivity index (χ3v) is 2.89. The zero-order valence-electron chi connectivity index (χ0n) is 14.0. The topological polar surface area (TPSA) is 74.8 Å². The molecule has 1 amide bonds. The molecule has 1 aromatic carbocycles. The first-order chi connectivity index (χ1) is 10.7. The molecule has 0 spiro atoms. The molecule has 0 aliphatic carbocycles. The van der Waals surface area contributed by atoms with Crippen molar-refractivity contribution in [3.05, 3.63) is 29.8 Å². The van der Waals surface area contributed by atoms with Gasteiger partial charge < -0.3 is 20.7 Å². The number of anilines is 1. The van der Waals surface area contributed by atoms with E-state index in [0.29, 0.717) is 13.2 Å². The second kappa shape index (κ2) is 13.1. The van der Waals surface area contributed by atoms with Crippen molar-refractivity contribution in [3.63, 3.8) is 0 Å². The van der Waals surface area contributed by atoms with Crippen LogP contribution in [-0.2, 0) is 16.0 Å². The second-order valence-corrected chi connectivity index (χ2v) is 4.81. The van der Waals surface area contributed by atoms with Gasteiger partial charge in [-0.25, -0.2) is 0 Å². The van der Waals surface area contributed by atoms with Crippen LogP contribution in [0.15, 0.2) is 29.3 Å². The van der Waals surface area contributed by atoms with Crippen LogP contribution in [0.1, 0.15) is 19.4 Å². The Morgan fingerprint density at radius 1 is 1.22 bits per heavy atom. The Morgan fingerprint density at radius 2 is 1.91 bits per heavy atom. The first kappa shape index (κ1) is 21.6. The molecular weight excluding hydrogens is 407 g/mol. The van der Waals surface area contributed by atoms with Crippen molar-refractivity contribution in [3.8, 4) is 0 Å². The van der Waals surface area contributed by atoms with Gasteiger partial charge in [0.1, 0.15) is 0 Å². The molecule has 1 rings (SSSR count). The molecule has 0 atom stereocenters. The van der Waals surface area contributed by atoms with Crippen molar-refractivity contribution in [1.29, 1.82) is 0 Å². The summed E-state index contributed by atoms with van der Waals surface area (Å²) in [5.41, 5.74) is 2.02. The van der Waals surface area contributed by atoms with Gasteiger partial charge >= 0.3 is 0 Å². The lowest BCUT2D eigenvalue weighted by Crippen LogP contribution is -2.38. The Balaban J connectivity index is 0.00000484. The second-order valence-electron chi connectivity index (χ2n) is 4.81. The predicted molar refractivity (Wildman–Crippen MR) is 106 cm³/mol. The van der Waals surface area contributed by atoms with Gasteiger partial charge in [0, 0.05) is 32.8 Å². The van der Waals surface area contributed by atoms with E-state index < -0.39 is 0 Å². The summed E-state index contributed by atoms with van der Waals surface area (Å²) >= 11 is 0. The number of nitrogens with one attached hydrogen (secondary N) is 3. The number of benzene rings is 1. The summed E-state index contributed by atoms with van der Waals surface area (Å²) in [7, 11) is 1.67. The highest BCUT2D eigenvalue weighted by Crippen LogP contribution is 2.09. The maximum Gasteiger partial charge on any atom is 0.221 e. The Morgan fingerprint density at radius 3 is 2.48 bits per heavy atom. The van der Waals surface area contributed by atoms with E-state index in [0.717, 1.165) is 31.2 Å². The smallest absolute Gasteiger partial charge is 0.221 e. The first-order valence-corrected chi connectivity index (χ1v) is 7.53. The number of carbonyl (C=O) groups excluding carboxylic acids is 1. The van der Waals surface area contributed by atoms with Crippen LogP contribution in [0.4, 0.5) is 5.69 Å². The highest BCUT2D eigenvalue weighted by atomic mass is 127. The molecule has 0 unspecified atom stereocenters. The predicted octanol–water partition coefficient (Wildman–Crippen LogP) is 2.01. The molecule has 0 aromatic heterocycles. The van der Waals surface area contributed by atoms with Crippen LogP contribution < -0.4 is 16.0 Å². The number of rotatable bonds is 8. The van der Waals surface area contributed by atoms with E-state index in [-0.39, 0.29) is 29.9 Å². The number of nitrogens with zero attached hydrogens (tertiary/aromatic N) is 1. The molecule has 3 N–H and O–H groups in total. The van der Waals surface area contributed by atoms with Gasteiger partial charge in [0.2, 0.25) is 5.91 Å². The minimum absolute atomic E-state index is 0. The van der Waals surface area contributed by atoms with Crippen molar-refractivity contribution in [2.24, 2.45) is 4.99 Å². The molecule has 23 heavy (non-hydrogen) atoms. The van der Waals surface area contributed by atoms with E-state index in [1.54, 1.807) is 7.11 Å². The summed E-state index contributed by atoms with van der Waals surface area (Å²) in [5.74, 6) is 0.742. The molecule has 0 saturated carbocycles. The third kappa shape index (κ3) is 10.1. The fourth-order valence-electron chi connectivity index (χ4n) is 1.87. The number of guanidine groups is 1. The number of hydrogen-bond acceptors (Lipinski definition) is 3. The van der Waals surface area contributed by atoms with Gasteiger partial charge in [-0.05, 0) is 31.0 Å². The molecule has 6 nitrogen and oxygen atoms in total. The van der Waals surface area contributed by atoms with Crippen LogP contribution >= 0.6 is 24.0 Å². The average molecular weight is 434 g/mol. The lowest BCUT2D eigenvalue weighted by molar-refractivity contribution is -0.114. The molecule has 1 aromatic rings. The highest BCUT2D eigenvalue weighted by Gasteiger charge is 1.99. The number of ether oxygens (including phenoxy) is 1. The first-order valence-electron chi connectivity index (χ1n) is 7.53. The fourth-order valence-corrected chi connectivity index (χ4v) is 1.87. The lowest BCUT2D eigenvalue weighted by atomic mass is 10.1. The number of carbonyl (C=O) groups is 1. The molecule has 0 saturated heterocycles. The van der Waals surface area contributed by atoms with Crippen LogP contribution in [0.3, 0.4) is 0 Å². The van der Waals surface area contributed by atoms with Crippen LogP contribution in [0.2, 0.25) is 0 Å². The van der Waals surface area contributed by atoms with Crippen LogP contribution in [-0.4, -0.2) is 45.2 Å². The summed E-state index contributed by atoms with van der Waals surface area (Å²) < 4.78 is 4.99. The maximum atomic E-state index is 11.0. The molecule has 0 aliphatic rings. The zero-order chi connectivity index (χ0) is 16.2. The van der Waals surface area contributed by atoms with Crippen molar-refractivity contribution in [1.82, 2.24) is 10.6 Å². The lowest BCUT2D eigenvalue weighted by Gasteiger charge is -2.11. The van der Waals surface area contributed by atoms with Crippen molar-refractivity contribution < 1.29 is 9.53 Å². The third-order valence-electron chi connectivity index (χ3n) is 2.89. The molecule has 0 fully saturated rings. The normalized spacial score (nSPS) is 10.7. The Hall–Kier alpha value is -1.35. The van der Waals surface area contributed by atoms with Gasteiger partial charge in [0.15, 0.2) is 5.96 Å². The minimum atomic E-state index is -0.0584. The van der Waals surface area contributed by atoms with E-state index in [2.05, 4.69) is 20.9 Å². The zero-order valence-corrected chi connectivity index (χ0v) is 16.3. The van der Waals surface area contributed by atoms with E-state index in [1.165, 1.54) is 12.5 Å². The summed E-state index contributed by atoms with van der Waals surface area (Å²) in [4.78, 5) is 15.4. The quantitative estimate of drug-likeness (QED) is 0.253. The summed E-state index contributed by atoms with van der Waals surface area (Å²) in [6.45, 7) is 6.40. The van der Waals surface area contributed by atoms with Gasteiger partial charge in [0.25, 0.3) is 0 Å². The number of aliphatic imine (C=N–C) groups is 1. The van der Waals surface area contributed by atoms with Crippen LogP contribution in [0.5, 0.6) is 0 Å².